The highest BCUT2D eigenvalue weighted by Gasteiger charge is 2.38. The van der Waals surface area contributed by atoms with Crippen molar-refractivity contribution in [3.8, 4) is 0 Å². The summed E-state index contributed by atoms with van der Waals surface area (Å²) in [6.07, 6.45) is -3.36. The first-order valence-electron chi connectivity index (χ1n) is 4.74. The molecule has 0 spiro atoms. The van der Waals surface area contributed by atoms with E-state index in [1.165, 1.54) is 6.33 Å². The first kappa shape index (κ1) is 11.4. The molecular weight excluding hydrogens is 235 g/mol. The topological polar surface area (TPSA) is 57.8 Å². The van der Waals surface area contributed by atoms with Gasteiger partial charge in [0.2, 0.25) is 0 Å². The molecule has 2 aromatic rings. The molecule has 1 aromatic heterocycles. The fourth-order valence-corrected chi connectivity index (χ4v) is 1.38. The highest BCUT2D eigenvalue weighted by Crippen LogP contribution is 2.15. The maximum Gasteiger partial charge on any atom is 0.471 e. The first-order valence-corrected chi connectivity index (χ1v) is 4.74. The summed E-state index contributed by atoms with van der Waals surface area (Å²) in [5.74, 6) is -1.94. The Bertz CT molecular complexity index is 547. The molecule has 2 N–H and O–H groups in total. The Morgan fingerprint density at radius 2 is 2.18 bits per heavy atom. The number of halogens is 3. The van der Waals surface area contributed by atoms with Gasteiger partial charge in [-0.2, -0.15) is 13.2 Å². The second kappa shape index (κ2) is 4.08. The molecule has 4 nitrogen and oxygen atoms in total. The van der Waals surface area contributed by atoms with Gasteiger partial charge in [-0.3, -0.25) is 4.79 Å². The highest BCUT2D eigenvalue weighted by molar-refractivity contribution is 5.81. The number of hydrogen-bond donors (Lipinski definition) is 2. The maximum atomic E-state index is 11.9. The van der Waals surface area contributed by atoms with Gasteiger partial charge in [-0.1, -0.05) is 6.07 Å². The molecule has 2 rings (SSSR count). The number of alkyl halides is 3. The van der Waals surface area contributed by atoms with Crippen molar-refractivity contribution in [1.82, 2.24) is 15.3 Å². The summed E-state index contributed by atoms with van der Waals surface area (Å²) >= 11 is 0. The van der Waals surface area contributed by atoms with E-state index < -0.39 is 12.1 Å². The fraction of sp³-hybridized carbons (Fsp3) is 0.200. The zero-order valence-corrected chi connectivity index (χ0v) is 8.51. The molecule has 1 amide bonds. The van der Waals surface area contributed by atoms with E-state index in [4.69, 9.17) is 0 Å². The van der Waals surface area contributed by atoms with Crippen LogP contribution in [0.4, 0.5) is 13.2 Å². The van der Waals surface area contributed by atoms with E-state index in [1.807, 2.05) is 0 Å². The number of carbonyl (C=O) groups is 1. The number of nitrogens with one attached hydrogen (secondary N) is 2. The van der Waals surface area contributed by atoms with E-state index in [1.54, 1.807) is 23.5 Å². The van der Waals surface area contributed by atoms with Crippen LogP contribution in [0, 0.1) is 0 Å². The Morgan fingerprint density at radius 1 is 1.41 bits per heavy atom. The third-order valence-corrected chi connectivity index (χ3v) is 2.20. The molecule has 0 aliphatic rings. The molecule has 7 heteroatoms. The zero-order valence-electron chi connectivity index (χ0n) is 8.51. The minimum Gasteiger partial charge on any atom is -0.345 e. The second-order valence-electron chi connectivity index (χ2n) is 3.43. The first-order chi connectivity index (χ1) is 7.97. The molecule has 90 valence electrons. The summed E-state index contributed by atoms with van der Waals surface area (Å²) in [5.41, 5.74) is 2.00. The zero-order chi connectivity index (χ0) is 12.5. The third-order valence-electron chi connectivity index (χ3n) is 2.20. The van der Waals surface area contributed by atoms with Gasteiger partial charge in [-0.05, 0) is 17.7 Å². The molecule has 0 atom stereocenters. The van der Waals surface area contributed by atoms with Crippen LogP contribution in [0.25, 0.3) is 11.0 Å². The Kier molecular flexibility index (Phi) is 2.74. The molecule has 0 aliphatic heterocycles. The molecule has 0 bridgehead atoms. The van der Waals surface area contributed by atoms with Crippen LogP contribution >= 0.6 is 0 Å². The van der Waals surface area contributed by atoms with Gasteiger partial charge >= 0.3 is 12.1 Å². The summed E-state index contributed by atoms with van der Waals surface area (Å²) in [5, 5.41) is 1.80. The van der Waals surface area contributed by atoms with Gasteiger partial charge in [0.05, 0.1) is 17.4 Å². The molecule has 0 aliphatic carbocycles. The quantitative estimate of drug-likeness (QED) is 0.844. The van der Waals surface area contributed by atoms with Crippen LogP contribution in [0.1, 0.15) is 5.56 Å². The molecular formula is C10H8F3N3O. The lowest BCUT2D eigenvalue weighted by atomic mass is 10.2. The van der Waals surface area contributed by atoms with Crippen molar-refractivity contribution in [2.24, 2.45) is 0 Å². The van der Waals surface area contributed by atoms with Crippen LogP contribution < -0.4 is 5.32 Å². The number of aromatic amines is 1. The van der Waals surface area contributed by atoms with E-state index >= 15 is 0 Å². The Labute approximate surface area is 93.8 Å². The molecule has 1 heterocycles. The number of aromatic nitrogens is 2. The highest BCUT2D eigenvalue weighted by atomic mass is 19.4. The van der Waals surface area contributed by atoms with Gasteiger partial charge in [0.1, 0.15) is 0 Å². The Hall–Kier alpha value is -2.05. The van der Waals surface area contributed by atoms with E-state index in [0.717, 1.165) is 5.52 Å². The van der Waals surface area contributed by atoms with Crippen LogP contribution in [0.5, 0.6) is 0 Å². The van der Waals surface area contributed by atoms with Crippen LogP contribution in [-0.4, -0.2) is 22.1 Å². The smallest absolute Gasteiger partial charge is 0.345 e. The average molecular weight is 243 g/mol. The van der Waals surface area contributed by atoms with E-state index in [9.17, 15) is 18.0 Å². The Morgan fingerprint density at radius 3 is 2.88 bits per heavy atom. The number of imidazole rings is 1. The number of benzene rings is 1. The molecule has 0 saturated carbocycles. The van der Waals surface area contributed by atoms with Crippen LogP contribution in [0.2, 0.25) is 0 Å². The van der Waals surface area contributed by atoms with Gasteiger partial charge in [-0.25, -0.2) is 4.98 Å². The lowest BCUT2D eigenvalue weighted by Crippen LogP contribution is -2.36. The summed E-state index contributed by atoms with van der Waals surface area (Å²) in [7, 11) is 0. The monoisotopic (exact) mass is 243 g/mol. The van der Waals surface area contributed by atoms with Crippen molar-refractivity contribution >= 4 is 16.9 Å². The van der Waals surface area contributed by atoms with Gasteiger partial charge < -0.3 is 10.3 Å². The number of fused-ring (bicyclic) bond motifs is 1. The SMILES string of the molecule is O=C(NCc1ccc2nc[nH]c2c1)C(F)(F)F. The van der Waals surface area contributed by atoms with E-state index in [-0.39, 0.29) is 6.54 Å². The predicted molar refractivity (Wildman–Crippen MR) is 54.0 cm³/mol. The summed E-state index contributed by atoms with van der Waals surface area (Å²) < 4.78 is 35.8. The molecule has 0 saturated heterocycles. The number of hydrogen-bond acceptors (Lipinski definition) is 2. The van der Waals surface area contributed by atoms with Crippen molar-refractivity contribution in [2.75, 3.05) is 0 Å². The summed E-state index contributed by atoms with van der Waals surface area (Å²) in [6.45, 7) is -0.173. The van der Waals surface area contributed by atoms with Crippen LogP contribution in [0.15, 0.2) is 24.5 Å². The number of rotatable bonds is 2. The molecule has 0 unspecified atom stereocenters. The molecule has 1 aromatic carbocycles. The van der Waals surface area contributed by atoms with Gasteiger partial charge in [-0.15, -0.1) is 0 Å². The fourth-order valence-electron chi connectivity index (χ4n) is 1.38. The summed E-state index contributed by atoms with van der Waals surface area (Å²) in [4.78, 5) is 17.4. The molecule has 17 heavy (non-hydrogen) atoms. The molecule has 0 fully saturated rings. The largest absolute Gasteiger partial charge is 0.471 e. The minimum atomic E-state index is -4.85. The van der Waals surface area contributed by atoms with Crippen molar-refractivity contribution in [3.63, 3.8) is 0 Å². The maximum absolute atomic E-state index is 11.9. The minimum absolute atomic E-state index is 0.173. The molecule has 0 radical (unpaired) electrons. The van der Waals surface area contributed by atoms with Crippen molar-refractivity contribution < 1.29 is 18.0 Å². The van der Waals surface area contributed by atoms with E-state index in [0.29, 0.717) is 11.1 Å². The van der Waals surface area contributed by atoms with Crippen molar-refractivity contribution in [3.05, 3.63) is 30.1 Å². The van der Waals surface area contributed by atoms with Gasteiger partial charge in [0.15, 0.2) is 0 Å². The third kappa shape index (κ3) is 2.55. The van der Waals surface area contributed by atoms with Crippen molar-refractivity contribution in [2.45, 2.75) is 12.7 Å². The number of nitrogens with zero attached hydrogens (tertiary/aromatic N) is 1. The number of amides is 1. The second-order valence-corrected chi connectivity index (χ2v) is 3.43. The van der Waals surface area contributed by atoms with Gasteiger partial charge in [0.25, 0.3) is 0 Å². The average Bonchev–Trinajstić information content (AvgIpc) is 2.71. The Balaban J connectivity index is 2.06. The van der Waals surface area contributed by atoms with Crippen molar-refractivity contribution in [1.29, 1.82) is 0 Å². The predicted octanol–water partition coefficient (Wildman–Crippen LogP) is 1.74. The summed E-state index contributed by atoms with van der Waals surface area (Å²) in [6, 6.07) is 4.92. The van der Waals surface area contributed by atoms with Gasteiger partial charge in [0, 0.05) is 6.54 Å². The van der Waals surface area contributed by atoms with Crippen LogP contribution in [-0.2, 0) is 11.3 Å². The number of H-pyrrole nitrogens is 1. The lowest BCUT2D eigenvalue weighted by Gasteiger charge is -2.07. The lowest BCUT2D eigenvalue weighted by molar-refractivity contribution is -0.173. The van der Waals surface area contributed by atoms with Crippen LogP contribution in [0.3, 0.4) is 0 Å². The standard InChI is InChI=1S/C10H8F3N3O/c11-10(12,13)9(17)14-4-6-1-2-7-8(3-6)16-5-15-7/h1-3,5H,4H2,(H,14,17)(H,15,16). The number of carbonyl (C=O) groups excluding carboxylic acids is 1. The normalized spacial score (nSPS) is 11.7. The van der Waals surface area contributed by atoms with E-state index in [2.05, 4.69) is 9.97 Å².